The van der Waals surface area contributed by atoms with Gasteiger partial charge >= 0.3 is 6.09 Å². The summed E-state index contributed by atoms with van der Waals surface area (Å²) < 4.78 is 4.94. The topological polar surface area (TPSA) is 61.9 Å². The number of amides is 2. The molecule has 104 valence electrons. The van der Waals surface area contributed by atoms with Crippen molar-refractivity contribution in [2.45, 2.75) is 13.8 Å². The summed E-state index contributed by atoms with van der Waals surface area (Å²) in [6.07, 6.45) is -0.284. The zero-order chi connectivity index (χ0) is 13.5. The predicted octanol–water partition coefficient (Wildman–Crippen LogP) is 0.143. The molecule has 1 saturated heterocycles. The molecule has 2 amide bonds. The van der Waals surface area contributed by atoms with Crippen molar-refractivity contribution in [2.75, 3.05) is 46.4 Å². The number of ether oxygens (including phenoxy) is 1. The van der Waals surface area contributed by atoms with Crippen molar-refractivity contribution in [3.05, 3.63) is 0 Å². The fourth-order valence-corrected chi connectivity index (χ4v) is 2.03. The molecule has 0 bridgehead atoms. The molecule has 1 N–H and O–H groups in total. The molecule has 6 nitrogen and oxygen atoms in total. The maximum atomic E-state index is 12.0. The molecule has 0 radical (unpaired) electrons. The van der Waals surface area contributed by atoms with Crippen molar-refractivity contribution in [2.24, 2.45) is 5.92 Å². The van der Waals surface area contributed by atoms with E-state index >= 15 is 0 Å². The van der Waals surface area contributed by atoms with E-state index in [-0.39, 0.29) is 17.9 Å². The van der Waals surface area contributed by atoms with Crippen LogP contribution in [0.25, 0.3) is 0 Å². The lowest BCUT2D eigenvalue weighted by Gasteiger charge is -2.35. The lowest BCUT2D eigenvalue weighted by molar-refractivity contribution is -0.136. The van der Waals surface area contributed by atoms with Crippen LogP contribution in [0.3, 0.4) is 0 Å². The summed E-state index contributed by atoms with van der Waals surface area (Å²) in [5.41, 5.74) is 0. The Labute approximate surface area is 108 Å². The smallest absolute Gasteiger partial charge is 0.409 e. The summed E-state index contributed by atoms with van der Waals surface area (Å²) in [5.74, 6) is 0.122. The van der Waals surface area contributed by atoms with Crippen LogP contribution in [0.2, 0.25) is 0 Å². The summed E-state index contributed by atoms with van der Waals surface area (Å²) in [7, 11) is 1.84. The van der Waals surface area contributed by atoms with E-state index < -0.39 is 0 Å². The van der Waals surface area contributed by atoms with E-state index in [1.54, 1.807) is 11.8 Å². The van der Waals surface area contributed by atoms with Gasteiger partial charge in [0, 0.05) is 38.6 Å². The van der Waals surface area contributed by atoms with Crippen LogP contribution >= 0.6 is 0 Å². The van der Waals surface area contributed by atoms with Crippen molar-refractivity contribution in [3.8, 4) is 0 Å². The number of hydrogen-bond acceptors (Lipinski definition) is 4. The highest BCUT2D eigenvalue weighted by atomic mass is 16.6. The summed E-state index contributed by atoms with van der Waals surface area (Å²) in [6.45, 7) is 7.05. The number of carbonyl (C=O) groups excluding carboxylic acids is 2. The van der Waals surface area contributed by atoms with Gasteiger partial charge in [0.15, 0.2) is 0 Å². The quantitative estimate of drug-likeness (QED) is 0.778. The number of hydrogen-bond donors (Lipinski definition) is 1. The Morgan fingerprint density at radius 1 is 1.22 bits per heavy atom. The molecule has 1 atom stereocenters. The van der Waals surface area contributed by atoms with Gasteiger partial charge in [0.2, 0.25) is 5.91 Å². The first kappa shape index (κ1) is 14.8. The summed E-state index contributed by atoms with van der Waals surface area (Å²) in [6, 6.07) is 0. The van der Waals surface area contributed by atoms with Gasteiger partial charge in [-0.25, -0.2) is 4.79 Å². The van der Waals surface area contributed by atoms with Gasteiger partial charge in [0.05, 0.1) is 6.61 Å². The number of nitrogens with one attached hydrogen (secondary N) is 1. The minimum absolute atomic E-state index is 0.0239. The van der Waals surface area contributed by atoms with Crippen LogP contribution in [-0.2, 0) is 9.53 Å². The predicted molar refractivity (Wildman–Crippen MR) is 68.3 cm³/mol. The molecule has 1 aliphatic heterocycles. The molecule has 0 aromatic carbocycles. The van der Waals surface area contributed by atoms with Crippen LogP contribution in [-0.4, -0.2) is 68.2 Å². The van der Waals surface area contributed by atoms with Crippen molar-refractivity contribution in [1.82, 2.24) is 15.1 Å². The van der Waals surface area contributed by atoms with Gasteiger partial charge in [-0.1, -0.05) is 6.92 Å². The van der Waals surface area contributed by atoms with Gasteiger partial charge in [-0.2, -0.15) is 0 Å². The number of piperazine rings is 1. The highest BCUT2D eigenvalue weighted by Gasteiger charge is 2.26. The van der Waals surface area contributed by atoms with Crippen molar-refractivity contribution >= 4 is 12.0 Å². The Hall–Kier alpha value is -1.30. The lowest BCUT2D eigenvalue weighted by Crippen LogP contribution is -2.52. The number of nitrogens with zero attached hydrogens (tertiary/aromatic N) is 2. The van der Waals surface area contributed by atoms with Crippen LogP contribution in [0, 0.1) is 5.92 Å². The fourth-order valence-electron chi connectivity index (χ4n) is 2.03. The second-order valence-corrected chi connectivity index (χ2v) is 4.47. The molecule has 6 heteroatoms. The molecule has 0 aliphatic carbocycles. The third kappa shape index (κ3) is 3.87. The molecule has 18 heavy (non-hydrogen) atoms. The first-order valence-corrected chi connectivity index (χ1v) is 6.45. The molecule has 1 rings (SSSR count). The van der Waals surface area contributed by atoms with Crippen LogP contribution in [0.15, 0.2) is 0 Å². The Morgan fingerprint density at radius 3 is 2.28 bits per heavy atom. The minimum Gasteiger partial charge on any atom is -0.450 e. The van der Waals surface area contributed by atoms with Crippen LogP contribution in [0.1, 0.15) is 13.8 Å². The van der Waals surface area contributed by atoms with Gasteiger partial charge in [0.1, 0.15) is 0 Å². The first-order chi connectivity index (χ1) is 8.60. The summed E-state index contributed by atoms with van der Waals surface area (Å²) >= 11 is 0. The second-order valence-electron chi connectivity index (χ2n) is 4.47. The zero-order valence-corrected chi connectivity index (χ0v) is 11.4. The van der Waals surface area contributed by atoms with Gasteiger partial charge in [0.25, 0.3) is 0 Å². The van der Waals surface area contributed by atoms with E-state index in [9.17, 15) is 9.59 Å². The molecule has 0 spiro atoms. The Morgan fingerprint density at radius 2 is 1.78 bits per heavy atom. The number of carbonyl (C=O) groups is 2. The van der Waals surface area contributed by atoms with Crippen molar-refractivity contribution in [3.63, 3.8) is 0 Å². The highest BCUT2D eigenvalue weighted by Crippen LogP contribution is 2.08. The average molecular weight is 257 g/mol. The van der Waals surface area contributed by atoms with Crippen molar-refractivity contribution in [1.29, 1.82) is 0 Å². The number of rotatable bonds is 4. The van der Waals surface area contributed by atoms with E-state index in [1.165, 1.54) is 0 Å². The van der Waals surface area contributed by atoms with E-state index in [0.717, 1.165) is 0 Å². The van der Waals surface area contributed by atoms with E-state index in [1.807, 2.05) is 18.9 Å². The maximum absolute atomic E-state index is 12.0. The fraction of sp³-hybridized carbons (Fsp3) is 0.833. The van der Waals surface area contributed by atoms with Gasteiger partial charge < -0.3 is 19.9 Å². The molecule has 1 heterocycles. The van der Waals surface area contributed by atoms with Crippen LogP contribution < -0.4 is 5.32 Å². The first-order valence-electron chi connectivity index (χ1n) is 6.45. The molecular formula is C12H23N3O3. The summed E-state index contributed by atoms with van der Waals surface area (Å²) in [5, 5.41) is 3.00. The van der Waals surface area contributed by atoms with Crippen LogP contribution in [0.4, 0.5) is 4.79 Å². The zero-order valence-electron chi connectivity index (χ0n) is 11.4. The Balaban J connectivity index is 2.39. The third-order valence-electron chi connectivity index (χ3n) is 3.05. The molecule has 0 saturated carbocycles. The highest BCUT2D eigenvalue weighted by molar-refractivity contribution is 5.79. The maximum Gasteiger partial charge on any atom is 0.409 e. The van der Waals surface area contributed by atoms with E-state index in [2.05, 4.69) is 5.32 Å². The van der Waals surface area contributed by atoms with Crippen molar-refractivity contribution < 1.29 is 14.3 Å². The molecular weight excluding hydrogens is 234 g/mol. The third-order valence-corrected chi connectivity index (χ3v) is 3.05. The lowest BCUT2D eigenvalue weighted by atomic mass is 10.1. The molecule has 1 unspecified atom stereocenters. The standard InChI is InChI=1S/C12H23N3O3/c1-4-18-12(17)15-7-5-14(6-8-15)11(16)10(2)9-13-3/h10,13H,4-9H2,1-3H3. The monoisotopic (exact) mass is 257 g/mol. The summed E-state index contributed by atoms with van der Waals surface area (Å²) in [4.78, 5) is 27.0. The largest absolute Gasteiger partial charge is 0.450 e. The average Bonchev–Trinajstić information content (AvgIpc) is 2.38. The van der Waals surface area contributed by atoms with E-state index in [0.29, 0.717) is 39.3 Å². The van der Waals surface area contributed by atoms with E-state index in [4.69, 9.17) is 4.74 Å². The molecule has 0 aromatic rings. The SMILES string of the molecule is CCOC(=O)N1CCN(C(=O)C(C)CNC)CC1. The van der Waals surface area contributed by atoms with Crippen LogP contribution in [0.5, 0.6) is 0 Å². The molecule has 1 aliphatic rings. The molecule has 0 aromatic heterocycles. The second kappa shape index (κ2) is 7.20. The molecule has 1 fully saturated rings. The normalized spacial score (nSPS) is 17.5. The Kier molecular flexibility index (Phi) is 5.91. The minimum atomic E-state index is -0.284. The van der Waals surface area contributed by atoms with Gasteiger partial charge in [-0.05, 0) is 14.0 Å². The van der Waals surface area contributed by atoms with Gasteiger partial charge in [-0.15, -0.1) is 0 Å². The van der Waals surface area contributed by atoms with Gasteiger partial charge in [-0.3, -0.25) is 4.79 Å². The Bertz CT molecular complexity index is 288.